The van der Waals surface area contributed by atoms with Crippen molar-refractivity contribution in [2.75, 3.05) is 6.61 Å². The molecule has 0 bridgehead atoms. The summed E-state index contributed by atoms with van der Waals surface area (Å²) in [7, 11) is 0. The number of H-pyrrole nitrogens is 1. The van der Waals surface area contributed by atoms with E-state index in [0.717, 1.165) is 38.7 Å². The number of aromatic amines is 1. The number of fused-ring (bicyclic) bond motifs is 3. The molecule has 0 amide bonds. The van der Waals surface area contributed by atoms with E-state index in [1.54, 1.807) is 0 Å². The predicted octanol–water partition coefficient (Wildman–Crippen LogP) is 4.71. The van der Waals surface area contributed by atoms with E-state index < -0.39 is 0 Å². The van der Waals surface area contributed by atoms with Gasteiger partial charge in [-0.15, -0.1) is 0 Å². The normalized spacial score (nSPS) is 22.1. The molecule has 20 heavy (non-hydrogen) atoms. The highest BCUT2D eigenvalue weighted by molar-refractivity contribution is 5.88. The Bertz CT molecular complexity index is 613. The van der Waals surface area contributed by atoms with Crippen molar-refractivity contribution in [1.29, 1.82) is 0 Å². The van der Waals surface area contributed by atoms with Crippen molar-refractivity contribution >= 4 is 10.9 Å². The van der Waals surface area contributed by atoms with Gasteiger partial charge in [0.1, 0.15) is 5.60 Å². The van der Waals surface area contributed by atoms with Crippen LogP contribution in [-0.2, 0) is 23.2 Å². The van der Waals surface area contributed by atoms with Crippen LogP contribution in [0.4, 0.5) is 0 Å². The van der Waals surface area contributed by atoms with E-state index in [4.69, 9.17) is 4.74 Å². The SMILES string of the molecule is CCCC1(CC)OCCc2c1[nH]c1c(CC)cccc21. The van der Waals surface area contributed by atoms with E-state index in [2.05, 4.69) is 44.0 Å². The molecule has 1 unspecified atom stereocenters. The van der Waals surface area contributed by atoms with E-state index in [0.29, 0.717) is 0 Å². The van der Waals surface area contributed by atoms with Gasteiger partial charge in [-0.3, -0.25) is 0 Å². The Hall–Kier alpha value is -1.28. The molecule has 1 aromatic carbocycles. The number of ether oxygens (including phenoxy) is 1. The van der Waals surface area contributed by atoms with Crippen molar-refractivity contribution in [2.45, 2.75) is 58.5 Å². The minimum Gasteiger partial charge on any atom is -0.368 e. The molecule has 2 nitrogen and oxygen atoms in total. The second-order valence-corrected chi connectivity index (χ2v) is 5.87. The van der Waals surface area contributed by atoms with Gasteiger partial charge in [0.15, 0.2) is 0 Å². The first kappa shape index (κ1) is 13.7. The molecule has 3 rings (SSSR count). The Morgan fingerprint density at radius 1 is 1.25 bits per heavy atom. The van der Waals surface area contributed by atoms with Gasteiger partial charge in [-0.25, -0.2) is 0 Å². The maximum atomic E-state index is 6.25. The number of nitrogens with one attached hydrogen (secondary N) is 1. The second-order valence-electron chi connectivity index (χ2n) is 5.87. The highest BCUT2D eigenvalue weighted by Crippen LogP contribution is 2.42. The molecular formula is C18H25NO. The summed E-state index contributed by atoms with van der Waals surface area (Å²) in [4.78, 5) is 3.74. The van der Waals surface area contributed by atoms with Gasteiger partial charge < -0.3 is 9.72 Å². The van der Waals surface area contributed by atoms with Gasteiger partial charge in [-0.2, -0.15) is 0 Å². The van der Waals surface area contributed by atoms with Crippen LogP contribution in [0.2, 0.25) is 0 Å². The molecule has 0 saturated heterocycles. The van der Waals surface area contributed by atoms with Crippen LogP contribution in [0.3, 0.4) is 0 Å². The zero-order valence-electron chi connectivity index (χ0n) is 12.9. The largest absolute Gasteiger partial charge is 0.368 e. The van der Waals surface area contributed by atoms with Crippen molar-refractivity contribution in [1.82, 2.24) is 4.98 Å². The van der Waals surface area contributed by atoms with Gasteiger partial charge in [0, 0.05) is 10.9 Å². The number of aromatic nitrogens is 1. The Balaban J connectivity index is 2.24. The summed E-state index contributed by atoms with van der Waals surface area (Å²) in [5, 5.41) is 1.41. The molecule has 0 spiro atoms. The lowest BCUT2D eigenvalue weighted by Crippen LogP contribution is -2.35. The van der Waals surface area contributed by atoms with Crippen LogP contribution in [0.25, 0.3) is 10.9 Å². The van der Waals surface area contributed by atoms with E-state index in [1.807, 2.05) is 0 Å². The summed E-state index contributed by atoms with van der Waals surface area (Å²) in [6.07, 6.45) is 5.41. The smallest absolute Gasteiger partial charge is 0.108 e. The van der Waals surface area contributed by atoms with Crippen molar-refractivity contribution in [3.05, 3.63) is 35.0 Å². The molecule has 1 aromatic heterocycles. The fraction of sp³-hybridized carbons (Fsp3) is 0.556. The average molecular weight is 271 g/mol. The minimum absolute atomic E-state index is 0.0909. The third kappa shape index (κ3) is 1.89. The summed E-state index contributed by atoms with van der Waals surface area (Å²) < 4.78 is 6.25. The van der Waals surface area contributed by atoms with Crippen LogP contribution in [-0.4, -0.2) is 11.6 Å². The van der Waals surface area contributed by atoms with E-state index >= 15 is 0 Å². The number of hydrogen-bond donors (Lipinski definition) is 1. The molecule has 1 aliphatic rings. The van der Waals surface area contributed by atoms with Gasteiger partial charge in [0.2, 0.25) is 0 Å². The zero-order valence-corrected chi connectivity index (χ0v) is 12.9. The number of benzene rings is 1. The Kier molecular flexibility index (Phi) is 3.59. The number of aryl methyl sites for hydroxylation is 1. The summed E-state index contributed by atoms with van der Waals surface area (Å²) in [5.41, 5.74) is 5.51. The zero-order chi connectivity index (χ0) is 14.2. The Morgan fingerprint density at radius 2 is 2.10 bits per heavy atom. The molecule has 1 aliphatic heterocycles. The summed E-state index contributed by atoms with van der Waals surface area (Å²) >= 11 is 0. The minimum atomic E-state index is -0.0909. The maximum absolute atomic E-state index is 6.25. The van der Waals surface area contributed by atoms with E-state index in [1.165, 1.54) is 27.7 Å². The maximum Gasteiger partial charge on any atom is 0.108 e. The first-order chi connectivity index (χ1) is 9.75. The monoisotopic (exact) mass is 271 g/mol. The number of para-hydroxylation sites is 1. The van der Waals surface area contributed by atoms with E-state index in [-0.39, 0.29) is 5.60 Å². The molecule has 108 valence electrons. The van der Waals surface area contributed by atoms with Gasteiger partial charge >= 0.3 is 0 Å². The molecule has 0 aliphatic carbocycles. The lowest BCUT2D eigenvalue weighted by molar-refractivity contribution is -0.0723. The lowest BCUT2D eigenvalue weighted by atomic mass is 9.85. The quantitative estimate of drug-likeness (QED) is 0.856. The fourth-order valence-corrected chi connectivity index (χ4v) is 3.75. The molecule has 0 radical (unpaired) electrons. The fourth-order valence-electron chi connectivity index (χ4n) is 3.75. The summed E-state index contributed by atoms with van der Waals surface area (Å²) in [6.45, 7) is 7.57. The number of rotatable bonds is 4. The molecular weight excluding hydrogens is 246 g/mol. The summed E-state index contributed by atoms with van der Waals surface area (Å²) in [5.74, 6) is 0. The van der Waals surface area contributed by atoms with Gasteiger partial charge in [0.25, 0.3) is 0 Å². The van der Waals surface area contributed by atoms with Crippen LogP contribution in [0, 0.1) is 0 Å². The third-order valence-corrected chi connectivity index (χ3v) is 4.82. The lowest BCUT2D eigenvalue weighted by Gasteiger charge is -2.36. The van der Waals surface area contributed by atoms with Crippen LogP contribution < -0.4 is 0 Å². The third-order valence-electron chi connectivity index (χ3n) is 4.82. The molecule has 2 heteroatoms. The molecule has 2 aromatic rings. The molecule has 1 atom stereocenters. The number of hydrogen-bond acceptors (Lipinski definition) is 1. The van der Waals surface area contributed by atoms with Crippen LogP contribution in [0.15, 0.2) is 18.2 Å². The van der Waals surface area contributed by atoms with Gasteiger partial charge in [-0.05, 0) is 36.8 Å². The highest BCUT2D eigenvalue weighted by atomic mass is 16.5. The topological polar surface area (TPSA) is 25.0 Å². The second kappa shape index (κ2) is 5.25. The first-order valence-electron chi connectivity index (χ1n) is 8.02. The highest BCUT2D eigenvalue weighted by Gasteiger charge is 2.38. The van der Waals surface area contributed by atoms with Crippen molar-refractivity contribution < 1.29 is 4.74 Å². The summed E-state index contributed by atoms with van der Waals surface area (Å²) in [6, 6.07) is 6.69. The molecule has 2 heterocycles. The van der Waals surface area contributed by atoms with Crippen molar-refractivity contribution in [3.63, 3.8) is 0 Å². The van der Waals surface area contributed by atoms with Crippen molar-refractivity contribution in [2.24, 2.45) is 0 Å². The average Bonchev–Trinajstić information content (AvgIpc) is 2.87. The molecule has 0 saturated carbocycles. The van der Waals surface area contributed by atoms with Crippen LogP contribution in [0.1, 0.15) is 56.9 Å². The standard InChI is InChI=1S/C18H25NO/c1-4-11-18(6-3)17-15(10-12-20-18)14-9-7-8-13(5-2)16(14)19-17/h7-9,19H,4-6,10-12H2,1-3H3. The first-order valence-corrected chi connectivity index (χ1v) is 8.02. The van der Waals surface area contributed by atoms with Crippen LogP contribution in [0.5, 0.6) is 0 Å². The van der Waals surface area contributed by atoms with E-state index in [9.17, 15) is 0 Å². The van der Waals surface area contributed by atoms with Crippen LogP contribution >= 0.6 is 0 Å². The Labute approximate surface area is 121 Å². The molecule has 1 N–H and O–H groups in total. The predicted molar refractivity (Wildman–Crippen MR) is 84.2 cm³/mol. The van der Waals surface area contributed by atoms with Crippen molar-refractivity contribution in [3.8, 4) is 0 Å². The molecule has 0 fully saturated rings. The van der Waals surface area contributed by atoms with Gasteiger partial charge in [-0.1, -0.05) is 45.4 Å². The van der Waals surface area contributed by atoms with Gasteiger partial charge in [0.05, 0.1) is 12.3 Å². The Morgan fingerprint density at radius 3 is 2.80 bits per heavy atom.